The smallest absolute Gasteiger partial charge is 0.0679 e. The summed E-state index contributed by atoms with van der Waals surface area (Å²) >= 11 is 0. The van der Waals surface area contributed by atoms with Crippen molar-refractivity contribution in [3.05, 3.63) is 48.0 Å². The van der Waals surface area contributed by atoms with Crippen LogP contribution in [0.3, 0.4) is 0 Å². The molecular weight excluding hydrogens is 198 g/mol. The molecule has 3 rings (SSSR count). The molecule has 0 spiro atoms. The van der Waals surface area contributed by atoms with E-state index in [4.69, 9.17) is 5.21 Å². The Morgan fingerprint density at radius 2 is 1.88 bits per heavy atom. The maximum absolute atomic E-state index is 9.09. The standard InChI is InChI=1S/C14H15NO/c16-15-14-11-6-8-12(13(14)9-7-11)10-4-2-1-3-5-10/h1-6,8,11-13,16H,7,9H2/b15-14-/t11-,12+,13+/m1/s1. The third-order valence-corrected chi connectivity index (χ3v) is 3.83. The van der Waals surface area contributed by atoms with Gasteiger partial charge in [-0.1, -0.05) is 47.6 Å². The van der Waals surface area contributed by atoms with Gasteiger partial charge < -0.3 is 5.21 Å². The summed E-state index contributed by atoms with van der Waals surface area (Å²) in [6.07, 6.45) is 6.75. The Kier molecular flexibility index (Phi) is 2.28. The minimum absolute atomic E-state index is 0.384. The Balaban J connectivity index is 1.99. The quantitative estimate of drug-likeness (QED) is 0.433. The Morgan fingerprint density at radius 3 is 2.62 bits per heavy atom. The van der Waals surface area contributed by atoms with Crippen molar-refractivity contribution >= 4 is 5.71 Å². The molecule has 0 aliphatic heterocycles. The molecule has 1 aromatic rings. The number of allylic oxidation sites excluding steroid dienone is 2. The maximum atomic E-state index is 9.09. The SMILES string of the molecule is O/N=C1/[C@@H]2C=C[C@@H](c3ccccc3)[C@@H]1CC2. The number of benzene rings is 1. The second kappa shape index (κ2) is 3.78. The molecule has 2 aliphatic rings. The van der Waals surface area contributed by atoms with Crippen molar-refractivity contribution in [1.29, 1.82) is 0 Å². The molecule has 0 radical (unpaired) electrons. The molecule has 0 saturated heterocycles. The molecule has 0 aromatic heterocycles. The van der Waals surface area contributed by atoms with Gasteiger partial charge in [-0.25, -0.2) is 0 Å². The molecule has 1 saturated carbocycles. The predicted molar refractivity (Wildman–Crippen MR) is 63.8 cm³/mol. The van der Waals surface area contributed by atoms with Crippen molar-refractivity contribution in [2.45, 2.75) is 18.8 Å². The van der Waals surface area contributed by atoms with Gasteiger partial charge in [0.2, 0.25) is 0 Å². The lowest BCUT2D eigenvalue weighted by atomic mass is 9.79. The highest BCUT2D eigenvalue weighted by Crippen LogP contribution is 2.43. The molecule has 1 aromatic carbocycles. The van der Waals surface area contributed by atoms with Crippen molar-refractivity contribution in [1.82, 2.24) is 0 Å². The fourth-order valence-corrected chi connectivity index (χ4v) is 3.04. The summed E-state index contributed by atoms with van der Waals surface area (Å²) in [7, 11) is 0. The van der Waals surface area contributed by atoms with Crippen molar-refractivity contribution in [3.8, 4) is 0 Å². The van der Waals surface area contributed by atoms with Crippen LogP contribution in [-0.2, 0) is 0 Å². The number of hydrogen-bond donors (Lipinski definition) is 1. The number of oxime groups is 1. The van der Waals surface area contributed by atoms with Crippen molar-refractivity contribution in [3.63, 3.8) is 0 Å². The van der Waals surface area contributed by atoms with Crippen LogP contribution in [-0.4, -0.2) is 10.9 Å². The first-order valence-electron chi connectivity index (χ1n) is 5.85. The molecule has 82 valence electrons. The van der Waals surface area contributed by atoms with Crippen molar-refractivity contribution < 1.29 is 5.21 Å². The van der Waals surface area contributed by atoms with E-state index in [1.807, 2.05) is 6.07 Å². The van der Waals surface area contributed by atoms with Gasteiger partial charge in [-0.2, -0.15) is 0 Å². The van der Waals surface area contributed by atoms with Gasteiger partial charge in [-0.05, 0) is 18.4 Å². The van der Waals surface area contributed by atoms with E-state index in [1.165, 1.54) is 5.56 Å². The molecule has 1 fully saturated rings. The highest BCUT2D eigenvalue weighted by atomic mass is 16.4. The summed E-state index contributed by atoms with van der Waals surface area (Å²) in [6.45, 7) is 0. The van der Waals surface area contributed by atoms with Crippen LogP contribution < -0.4 is 0 Å². The van der Waals surface area contributed by atoms with Crippen molar-refractivity contribution in [2.75, 3.05) is 0 Å². The van der Waals surface area contributed by atoms with Crippen LogP contribution in [0.5, 0.6) is 0 Å². The zero-order valence-electron chi connectivity index (χ0n) is 9.08. The molecule has 2 aliphatic carbocycles. The normalized spacial score (nSPS) is 34.5. The molecular formula is C14H15NO. The molecule has 2 bridgehead atoms. The molecule has 1 N–H and O–H groups in total. The summed E-state index contributed by atoms with van der Waals surface area (Å²) in [5.74, 6) is 1.18. The van der Waals surface area contributed by atoms with E-state index in [0.717, 1.165) is 18.6 Å². The number of hydrogen-bond acceptors (Lipinski definition) is 2. The zero-order chi connectivity index (χ0) is 11.0. The van der Waals surface area contributed by atoms with Crippen molar-refractivity contribution in [2.24, 2.45) is 17.0 Å². The van der Waals surface area contributed by atoms with E-state index in [-0.39, 0.29) is 0 Å². The molecule has 0 heterocycles. The largest absolute Gasteiger partial charge is 0.411 e. The van der Waals surface area contributed by atoms with Gasteiger partial charge >= 0.3 is 0 Å². The minimum atomic E-state index is 0.384. The van der Waals surface area contributed by atoms with E-state index in [0.29, 0.717) is 17.8 Å². The Bertz CT molecular complexity index is 435. The summed E-state index contributed by atoms with van der Waals surface area (Å²) in [5.41, 5.74) is 2.31. The van der Waals surface area contributed by atoms with Crippen LogP contribution in [0, 0.1) is 11.8 Å². The molecule has 2 nitrogen and oxygen atoms in total. The lowest BCUT2D eigenvalue weighted by molar-refractivity contribution is 0.312. The third-order valence-electron chi connectivity index (χ3n) is 3.83. The monoisotopic (exact) mass is 213 g/mol. The van der Waals surface area contributed by atoms with Crippen LogP contribution >= 0.6 is 0 Å². The molecule has 2 heteroatoms. The fourth-order valence-electron chi connectivity index (χ4n) is 3.04. The number of rotatable bonds is 1. The number of fused-ring (bicyclic) bond motifs is 2. The first kappa shape index (κ1) is 9.64. The maximum Gasteiger partial charge on any atom is 0.0679 e. The van der Waals surface area contributed by atoms with Crippen LogP contribution in [0.15, 0.2) is 47.6 Å². The third kappa shape index (κ3) is 1.37. The van der Waals surface area contributed by atoms with Gasteiger partial charge in [-0.3, -0.25) is 0 Å². The summed E-state index contributed by atoms with van der Waals surface area (Å²) < 4.78 is 0. The molecule has 0 unspecified atom stereocenters. The van der Waals surface area contributed by atoms with E-state index >= 15 is 0 Å². The van der Waals surface area contributed by atoms with Crippen LogP contribution in [0.4, 0.5) is 0 Å². The second-order valence-corrected chi connectivity index (χ2v) is 4.64. The second-order valence-electron chi connectivity index (χ2n) is 4.64. The van der Waals surface area contributed by atoms with Gasteiger partial charge in [0.25, 0.3) is 0 Å². The topological polar surface area (TPSA) is 32.6 Å². The van der Waals surface area contributed by atoms with E-state index < -0.39 is 0 Å². The van der Waals surface area contributed by atoms with E-state index in [9.17, 15) is 0 Å². The summed E-state index contributed by atoms with van der Waals surface area (Å²) in [6, 6.07) is 10.5. The molecule has 0 amide bonds. The minimum Gasteiger partial charge on any atom is -0.411 e. The number of nitrogens with zero attached hydrogens (tertiary/aromatic N) is 1. The first-order chi connectivity index (χ1) is 7.90. The van der Waals surface area contributed by atoms with Gasteiger partial charge in [0.15, 0.2) is 0 Å². The lowest BCUT2D eigenvalue weighted by Crippen LogP contribution is -2.23. The zero-order valence-corrected chi connectivity index (χ0v) is 9.08. The van der Waals surface area contributed by atoms with Gasteiger partial charge in [0, 0.05) is 17.8 Å². The van der Waals surface area contributed by atoms with Crippen LogP contribution in [0.2, 0.25) is 0 Å². The highest BCUT2D eigenvalue weighted by Gasteiger charge is 2.39. The Morgan fingerprint density at radius 1 is 1.06 bits per heavy atom. The average molecular weight is 213 g/mol. The van der Waals surface area contributed by atoms with Gasteiger partial charge in [-0.15, -0.1) is 0 Å². The average Bonchev–Trinajstić information content (AvgIpc) is 2.63. The fraction of sp³-hybridized carbons (Fsp3) is 0.357. The van der Waals surface area contributed by atoms with Crippen LogP contribution in [0.25, 0.3) is 0 Å². The van der Waals surface area contributed by atoms with Gasteiger partial charge in [0.1, 0.15) is 0 Å². The Labute approximate surface area is 95.3 Å². The lowest BCUT2D eigenvalue weighted by Gasteiger charge is -2.25. The summed E-state index contributed by atoms with van der Waals surface area (Å²) in [4.78, 5) is 0. The molecule has 3 atom stereocenters. The molecule has 16 heavy (non-hydrogen) atoms. The van der Waals surface area contributed by atoms with E-state index in [2.05, 4.69) is 41.6 Å². The summed E-state index contributed by atoms with van der Waals surface area (Å²) in [5, 5.41) is 12.6. The van der Waals surface area contributed by atoms with Gasteiger partial charge in [0.05, 0.1) is 5.71 Å². The van der Waals surface area contributed by atoms with E-state index in [1.54, 1.807) is 0 Å². The van der Waals surface area contributed by atoms with Crippen LogP contribution in [0.1, 0.15) is 24.3 Å². The Hall–Kier alpha value is -1.57. The predicted octanol–water partition coefficient (Wildman–Crippen LogP) is 3.20. The highest BCUT2D eigenvalue weighted by molar-refractivity contribution is 5.93. The first-order valence-corrected chi connectivity index (χ1v) is 5.85.